The van der Waals surface area contributed by atoms with Gasteiger partial charge in [0.1, 0.15) is 5.01 Å². The average molecular weight is 309 g/mol. The molecular formula is C16H15N5S. The molecule has 6 heteroatoms. The zero-order valence-corrected chi connectivity index (χ0v) is 13.4. The van der Waals surface area contributed by atoms with E-state index in [2.05, 4.69) is 41.2 Å². The highest BCUT2D eigenvalue weighted by Gasteiger charge is 2.16. The van der Waals surface area contributed by atoms with E-state index >= 15 is 0 Å². The third kappa shape index (κ3) is 1.99. The van der Waals surface area contributed by atoms with E-state index in [0.29, 0.717) is 5.92 Å². The van der Waals surface area contributed by atoms with Crippen LogP contribution in [-0.2, 0) is 0 Å². The molecule has 0 saturated heterocycles. The van der Waals surface area contributed by atoms with E-state index in [1.807, 2.05) is 29.6 Å². The number of aromatic nitrogens is 5. The van der Waals surface area contributed by atoms with E-state index in [0.717, 1.165) is 38.0 Å². The molecule has 4 rings (SSSR count). The number of hydrogen-bond donors (Lipinski definition) is 0. The molecule has 0 aliphatic heterocycles. The third-order valence-electron chi connectivity index (χ3n) is 3.61. The molecule has 3 aromatic heterocycles. The lowest BCUT2D eigenvalue weighted by molar-refractivity contribution is 0.727. The summed E-state index contributed by atoms with van der Waals surface area (Å²) in [5.41, 5.74) is 3.09. The van der Waals surface area contributed by atoms with Crippen LogP contribution in [0, 0.1) is 6.92 Å². The van der Waals surface area contributed by atoms with Crippen LogP contribution in [0.15, 0.2) is 30.3 Å². The Balaban J connectivity index is 1.99. The average Bonchev–Trinajstić information content (AvgIpc) is 3.05. The Labute approximate surface area is 131 Å². The fourth-order valence-corrected chi connectivity index (χ4v) is 3.46. The minimum Gasteiger partial charge on any atom is -0.253 e. The number of pyridine rings is 1. The van der Waals surface area contributed by atoms with E-state index in [9.17, 15) is 0 Å². The van der Waals surface area contributed by atoms with E-state index < -0.39 is 0 Å². The minimum atomic E-state index is 0.292. The van der Waals surface area contributed by atoms with Gasteiger partial charge in [0.25, 0.3) is 0 Å². The van der Waals surface area contributed by atoms with Crippen molar-refractivity contribution in [2.45, 2.75) is 26.7 Å². The summed E-state index contributed by atoms with van der Waals surface area (Å²) in [7, 11) is 0. The van der Waals surface area contributed by atoms with Crippen molar-refractivity contribution in [3.05, 3.63) is 41.9 Å². The number of aryl methyl sites for hydroxylation is 1. The number of benzene rings is 1. The number of rotatable bonds is 2. The highest BCUT2D eigenvalue weighted by atomic mass is 32.1. The molecule has 4 aromatic rings. The predicted molar refractivity (Wildman–Crippen MR) is 88.2 cm³/mol. The highest BCUT2D eigenvalue weighted by Crippen LogP contribution is 2.32. The normalized spacial score (nSPS) is 11.8. The van der Waals surface area contributed by atoms with Gasteiger partial charge >= 0.3 is 0 Å². The number of fused-ring (bicyclic) bond motifs is 2. The first-order valence-electron chi connectivity index (χ1n) is 7.22. The molecular weight excluding hydrogens is 294 g/mol. The van der Waals surface area contributed by atoms with Crippen LogP contribution in [0.5, 0.6) is 0 Å². The molecule has 0 atom stereocenters. The van der Waals surface area contributed by atoms with E-state index in [1.54, 1.807) is 11.3 Å². The molecule has 0 unspecified atom stereocenters. The third-order valence-corrected chi connectivity index (χ3v) is 4.54. The van der Waals surface area contributed by atoms with Gasteiger partial charge in [-0.2, -0.15) is 9.61 Å². The molecule has 1 aromatic carbocycles. The van der Waals surface area contributed by atoms with Crippen LogP contribution < -0.4 is 0 Å². The second-order valence-corrected chi connectivity index (χ2v) is 6.60. The zero-order valence-electron chi connectivity index (χ0n) is 12.6. The van der Waals surface area contributed by atoms with Gasteiger partial charge in [0.15, 0.2) is 5.82 Å². The Bertz CT molecular complexity index is 983. The van der Waals surface area contributed by atoms with Crippen LogP contribution in [0.25, 0.3) is 26.4 Å². The van der Waals surface area contributed by atoms with E-state index in [1.165, 1.54) is 0 Å². The quantitative estimate of drug-likeness (QED) is 0.564. The summed E-state index contributed by atoms with van der Waals surface area (Å²) < 4.78 is 1.86. The van der Waals surface area contributed by atoms with Crippen molar-refractivity contribution in [2.75, 3.05) is 0 Å². The summed E-state index contributed by atoms with van der Waals surface area (Å²) in [4.78, 5) is 5.42. The van der Waals surface area contributed by atoms with Crippen LogP contribution >= 0.6 is 11.3 Å². The molecule has 5 nitrogen and oxygen atoms in total. The second kappa shape index (κ2) is 4.84. The van der Waals surface area contributed by atoms with E-state index in [-0.39, 0.29) is 0 Å². The Hall–Kier alpha value is -2.34. The summed E-state index contributed by atoms with van der Waals surface area (Å²) in [5.74, 6) is 1.19. The van der Waals surface area contributed by atoms with Gasteiger partial charge in [-0.1, -0.05) is 43.4 Å². The summed E-state index contributed by atoms with van der Waals surface area (Å²) >= 11 is 1.56. The van der Waals surface area contributed by atoms with Crippen LogP contribution in [0.2, 0.25) is 0 Å². The molecule has 0 spiro atoms. The smallest absolute Gasteiger partial charge is 0.234 e. The van der Waals surface area contributed by atoms with Gasteiger partial charge in [-0.05, 0) is 19.1 Å². The molecule has 0 amide bonds. The van der Waals surface area contributed by atoms with Gasteiger partial charge in [0.05, 0.1) is 5.52 Å². The molecule has 0 fully saturated rings. The van der Waals surface area contributed by atoms with Gasteiger partial charge in [-0.3, -0.25) is 4.98 Å². The van der Waals surface area contributed by atoms with Gasteiger partial charge in [-0.25, -0.2) is 0 Å². The predicted octanol–water partition coefficient (Wildman–Crippen LogP) is 3.83. The van der Waals surface area contributed by atoms with Gasteiger partial charge in [-0.15, -0.1) is 10.2 Å². The standard InChI is InChI=1S/C16H15N5S/c1-9(2)14-18-19-16-21(14)20-15(22-16)12-8-10(3)17-13-7-5-4-6-11(12)13/h4-9H,1-3H3. The topological polar surface area (TPSA) is 56.0 Å². The lowest BCUT2D eigenvalue weighted by Gasteiger charge is -2.04. The molecule has 0 aliphatic carbocycles. The van der Waals surface area contributed by atoms with Crippen molar-refractivity contribution in [3.63, 3.8) is 0 Å². The Kier molecular flexibility index (Phi) is 2.94. The summed E-state index contributed by atoms with van der Waals surface area (Å²) in [6.07, 6.45) is 0. The molecule has 110 valence electrons. The van der Waals surface area contributed by atoms with Crippen molar-refractivity contribution in [2.24, 2.45) is 0 Å². The Morgan fingerprint density at radius 2 is 1.95 bits per heavy atom. The SMILES string of the molecule is Cc1cc(-c2nn3c(C(C)C)nnc3s2)c2ccccc2n1. The highest BCUT2D eigenvalue weighted by molar-refractivity contribution is 7.19. The van der Waals surface area contributed by atoms with Crippen LogP contribution in [0.3, 0.4) is 0 Å². The van der Waals surface area contributed by atoms with Crippen molar-refractivity contribution in [1.29, 1.82) is 0 Å². The Morgan fingerprint density at radius 3 is 2.77 bits per heavy atom. The fraction of sp³-hybridized carbons (Fsp3) is 0.250. The maximum Gasteiger partial charge on any atom is 0.234 e. The number of hydrogen-bond acceptors (Lipinski definition) is 5. The lowest BCUT2D eigenvalue weighted by atomic mass is 10.1. The summed E-state index contributed by atoms with van der Waals surface area (Å²) in [6, 6.07) is 10.2. The first-order valence-corrected chi connectivity index (χ1v) is 8.04. The van der Waals surface area contributed by atoms with Gasteiger partial charge < -0.3 is 0 Å². The number of nitrogens with zero attached hydrogens (tertiary/aromatic N) is 5. The monoisotopic (exact) mass is 309 g/mol. The summed E-state index contributed by atoms with van der Waals surface area (Å²) in [5, 5.41) is 15.3. The van der Waals surface area contributed by atoms with Crippen LogP contribution in [0.4, 0.5) is 0 Å². The van der Waals surface area contributed by atoms with Crippen LogP contribution in [0.1, 0.15) is 31.3 Å². The van der Waals surface area contributed by atoms with Crippen molar-refractivity contribution in [1.82, 2.24) is 24.8 Å². The maximum atomic E-state index is 4.74. The molecule has 3 heterocycles. The first kappa shape index (κ1) is 13.3. The largest absolute Gasteiger partial charge is 0.253 e. The maximum absolute atomic E-state index is 4.74. The van der Waals surface area contributed by atoms with Gasteiger partial charge in [0.2, 0.25) is 4.96 Å². The molecule has 0 bridgehead atoms. The van der Waals surface area contributed by atoms with Crippen molar-refractivity contribution < 1.29 is 0 Å². The molecule has 0 saturated carbocycles. The van der Waals surface area contributed by atoms with Gasteiger partial charge in [0, 0.05) is 22.6 Å². The van der Waals surface area contributed by atoms with E-state index in [4.69, 9.17) is 5.10 Å². The summed E-state index contributed by atoms with van der Waals surface area (Å²) in [6.45, 7) is 6.21. The first-order chi connectivity index (χ1) is 10.6. The van der Waals surface area contributed by atoms with Crippen molar-refractivity contribution >= 4 is 27.2 Å². The number of para-hydroxylation sites is 1. The van der Waals surface area contributed by atoms with Crippen molar-refractivity contribution in [3.8, 4) is 10.6 Å². The van der Waals surface area contributed by atoms with Crippen LogP contribution in [-0.4, -0.2) is 24.8 Å². The Morgan fingerprint density at radius 1 is 1.14 bits per heavy atom. The second-order valence-electron chi connectivity index (χ2n) is 5.64. The molecule has 0 radical (unpaired) electrons. The minimum absolute atomic E-state index is 0.292. The molecule has 22 heavy (non-hydrogen) atoms. The molecule has 0 aliphatic rings. The zero-order chi connectivity index (χ0) is 15.3. The fourth-order valence-electron chi connectivity index (χ4n) is 2.59. The lowest BCUT2D eigenvalue weighted by Crippen LogP contribution is -1.98. The molecule has 0 N–H and O–H groups in total.